The molecule has 1 aromatic rings. The molecule has 1 saturated carbocycles. The molecule has 0 unspecified atom stereocenters. The minimum atomic E-state index is -0.655. The molecule has 0 aromatic heterocycles. The summed E-state index contributed by atoms with van der Waals surface area (Å²) in [6.07, 6.45) is 1.88. The van der Waals surface area contributed by atoms with Crippen molar-refractivity contribution in [3.8, 4) is 5.75 Å². The molecule has 7 nitrogen and oxygen atoms in total. The average Bonchev–Trinajstić information content (AvgIpc) is 3.29. The van der Waals surface area contributed by atoms with Crippen LogP contribution in [0.5, 0.6) is 5.75 Å². The molecule has 22 heavy (non-hydrogen) atoms. The van der Waals surface area contributed by atoms with E-state index in [1.165, 1.54) is 7.11 Å². The third-order valence-electron chi connectivity index (χ3n) is 3.01. The zero-order valence-corrected chi connectivity index (χ0v) is 12.3. The quantitative estimate of drug-likeness (QED) is 0.757. The number of nitrogens with one attached hydrogen (secondary N) is 2. The Morgan fingerprint density at radius 2 is 2.05 bits per heavy atom. The third kappa shape index (κ3) is 5.43. The Morgan fingerprint density at radius 3 is 2.73 bits per heavy atom. The SMILES string of the molecule is COc1cccc(CC(=O)OCC(=O)NC(=O)NC2CC2)c1. The number of hydrogen-bond acceptors (Lipinski definition) is 5. The summed E-state index contributed by atoms with van der Waals surface area (Å²) in [6, 6.07) is 6.59. The van der Waals surface area contributed by atoms with Gasteiger partial charge in [-0.05, 0) is 30.5 Å². The molecule has 118 valence electrons. The number of methoxy groups -OCH3 is 1. The van der Waals surface area contributed by atoms with Crippen LogP contribution in [0.4, 0.5) is 4.79 Å². The molecule has 0 bridgehead atoms. The number of imide groups is 1. The number of rotatable bonds is 6. The van der Waals surface area contributed by atoms with Gasteiger partial charge in [-0.1, -0.05) is 12.1 Å². The maximum atomic E-state index is 11.6. The topological polar surface area (TPSA) is 93.7 Å². The molecule has 2 rings (SSSR count). The number of urea groups is 1. The maximum Gasteiger partial charge on any atom is 0.321 e. The van der Waals surface area contributed by atoms with E-state index in [1.807, 2.05) is 0 Å². The summed E-state index contributed by atoms with van der Waals surface area (Å²) in [5, 5.41) is 4.70. The molecule has 0 saturated heterocycles. The van der Waals surface area contributed by atoms with E-state index in [9.17, 15) is 14.4 Å². The fourth-order valence-corrected chi connectivity index (χ4v) is 1.76. The Kier molecular flexibility index (Phi) is 5.35. The molecular weight excluding hydrogens is 288 g/mol. The average molecular weight is 306 g/mol. The van der Waals surface area contributed by atoms with Crippen LogP contribution >= 0.6 is 0 Å². The standard InChI is InChI=1S/C15H18N2O5/c1-21-12-4-2-3-10(7-12)8-14(19)22-9-13(18)17-15(20)16-11-5-6-11/h2-4,7,11H,5-6,8-9H2,1H3,(H2,16,17,18,20). The molecule has 0 atom stereocenters. The van der Waals surface area contributed by atoms with Gasteiger partial charge in [-0.15, -0.1) is 0 Å². The highest BCUT2D eigenvalue weighted by atomic mass is 16.5. The highest BCUT2D eigenvalue weighted by Gasteiger charge is 2.24. The molecule has 3 amide bonds. The van der Waals surface area contributed by atoms with Crippen molar-refractivity contribution in [3.63, 3.8) is 0 Å². The number of hydrogen-bond donors (Lipinski definition) is 2. The number of ether oxygens (including phenoxy) is 2. The summed E-state index contributed by atoms with van der Waals surface area (Å²) < 4.78 is 9.89. The number of amides is 3. The summed E-state index contributed by atoms with van der Waals surface area (Å²) in [7, 11) is 1.54. The van der Waals surface area contributed by atoms with E-state index < -0.39 is 24.5 Å². The van der Waals surface area contributed by atoms with Crippen molar-refractivity contribution in [2.75, 3.05) is 13.7 Å². The van der Waals surface area contributed by atoms with Crippen LogP contribution in [0.2, 0.25) is 0 Å². The van der Waals surface area contributed by atoms with Crippen LogP contribution in [-0.4, -0.2) is 37.7 Å². The van der Waals surface area contributed by atoms with Crippen molar-refractivity contribution in [1.82, 2.24) is 10.6 Å². The van der Waals surface area contributed by atoms with Gasteiger partial charge in [0.25, 0.3) is 5.91 Å². The monoisotopic (exact) mass is 306 g/mol. The Balaban J connectivity index is 1.69. The van der Waals surface area contributed by atoms with E-state index in [4.69, 9.17) is 9.47 Å². The molecule has 1 aromatic carbocycles. The number of esters is 1. The third-order valence-corrected chi connectivity index (χ3v) is 3.01. The van der Waals surface area contributed by atoms with Gasteiger partial charge in [-0.2, -0.15) is 0 Å². The Hall–Kier alpha value is -2.57. The number of carbonyl (C=O) groups is 3. The highest BCUT2D eigenvalue weighted by Crippen LogP contribution is 2.18. The Morgan fingerprint density at radius 1 is 1.27 bits per heavy atom. The van der Waals surface area contributed by atoms with Crippen molar-refractivity contribution < 1.29 is 23.9 Å². The molecule has 1 fully saturated rings. The van der Waals surface area contributed by atoms with E-state index >= 15 is 0 Å². The first kappa shape index (κ1) is 15.8. The van der Waals surface area contributed by atoms with Crippen molar-refractivity contribution >= 4 is 17.9 Å². The van der Waals surface area contributed by atoms with Crippen LogP contribution in [0.25, 0.3) is 0 Å². The van der Waals surface area contributed by atoms with E-state index in [-0.39, 0.29) is 12.5 Å². The molecule has 0 aliphatic heterocycles. The van der Waals surface area contributed by atoms with Gasteiger partial charge >= 0.3 is 12.0 Å². The molecule has 1 aliphatic rings. The normalized spacial score (nSPS) is 13.1. The second-order valence-electron chi connectivity index (χ2n) is 4.98. The molecule has 0 spiro atoms. The first-order valence-electron chi connectivity index (χ1n) is 6.95. The lowest BCUT2D eigenvalue weighted by molar-refractivity contribution is -0.147. The lowest BCUT2D eigenvalue weighted by Gasteiger charge is -2.07. The van der Waals surface area contributed by atoms with Crippen molar-refractivity contribution in [2.24, 2.45) is 0 Å². The fraction of sp³-hybridized carbons (Fsp3) is 0.400. The van der Waals surface area contributed by atoms with Crippen LogP contribution in [0.3, 0.4) is 0 Å². The number of carbonyl (C=O) groups excluding carboxylic acids is 3. The van der Waals surface area contributed by atoms with Gasteiger partial charge < -0.3 is 14.8 Å². The first-order chi connectivity index (χ1) is 10.6. The first-order valence-corrected chi connectivity index (χ1v) is 6.95. The van der Waals surface area contributed by atoms with Crippen LogP contribution in [0, 0.1) is 0 Å². The van der Waals surface area contributed by atoms with E-state index in [1.54, 1.807) is 24.3 Å². The number of benzene rings is 1. The molecular formula is C15H18N2O5. The molecule has 2 N–H and O–H groups in total. The summed E-state index contributed by atoms with van der Waals surface area (Å²) in [5.74, 6) is -0.567. The molecule has 0 radical (unpaired) electrons. The van der Waals surface area contributed by atoms with E-state index in [0.717, 1.165) is 18.4 Å². The lowest BCUT2D eigenvalue weighted by atomic mass is 10.1. The van der Waals surface area contributed by atoms with Gasteiger partial charge in [-0.25, -0.2) is 4.79 Å². The highest BCUT2D eigenvalue weighted by molar-refractivity contribution is 5.95. The van der Waals surface area contributed by atoms with Crippen LogP contribution in [-0.2, 0) is 20.7 Å². The van der Waals surface area contributed by atoms with Gasteiger partial charge in [0.05, 0.1) is 13.5 Å². The van der Waals surface area contributed by atoms with Crippen molar-refractivity contribution in [2.45, 2.75) is 25.3 Å². The van der Waals surface area contributed by atoms with Crippen LogP contribution in [0.15, 0.2) is 24.3 Å². The van der Waals surface area contributed by atoms with E-state index in [0.29, 0.717) is 5.75 Å². The zero-order chi connectivity index (χ0) is 15.9. The lowest BCUT2D eigenvalue weighted by Crippen LogP contribution is -2.42. The minimum absolute atomic E-state index is 0.0265. The predicted octanol–water partition coefficient (Wildman–Crippen LogP) is 0.769. The van der Waals surface area contributed by atoms with Crippen LogP contribution in [0.1, 0.15) is 18.4 Å². The fourth-order valence-electron chi connectivity index (χ4n) is 1.76. The Bertz CT molecular complexity index is 569. The summed E-state index contributed by atoms with van der Waals surface area (Å²) >= 11 is 0. The zero-order valence-electron chi connectivity index (χ0n) is 12.3. The van der Waals surface area contributed by atoms with Crippen molar-refractivity contribution in [1.29, 1.82) is 0 Å². The van der Waals surface area contributed by atoms with E-state index in [2.05, 4.69) is 10.6 Å². The Labute approximate surface area is 128 Å². The van der Waals surface area contributed by atoms with Crippen molar-refractivity contribution in [3.05, 3.63) is 29.8 Å². The molecule has 0 heterocycles. The summed E-state index contributed by atoms with van der Waals surface area (Å²) in [4.78, 5) is 34.4. The van der Waals surface area contributed by atoms with Gasteiger partial charge in [-0.3, -0.25) is 14.9 Å². The second kappa shape index (κ2) is 7.44. The largest absolute Gasteiger partial charge is 0.497 e. The smallest absolute Gasteiger partial charge is 0.321 e. The molecule has 7 heteroatoms. The summed E-state index contributed by atoms with van der Waals surface area (Å²) in [6.45, 7) is -0.485. The second-order valence-corrected chi connectivity index (χ2v) is 4.98. The van der Waals surface area contributed by atoms with Gasteiger partial charge in [0.2, 0.25) is 0 Å². The minimum Gasteiger partial charge on any atom is -0.497 e. The predicted molar refractivity (Wildman–Crippen MR) is 77.4 cm³/mol. The van der Waals surface area contributed by atoms with Gasteiger partial charge in [0, 0.05) is 6.04 Å². The summed E-state index contributed by atoms with van der Waals surface area (Å²) in [5.41, 5.74) is 0.719. The molecule has 1 aliphatic carbocycles. The van der Waals surface area contributed by atoms with Gasteiger partial charge in [0.1, 0.15) is 5.75 Å². The van der Waals surface area contributed by atoms with Crippen LogP contribution < -0.4 is 15.4 Å². The van der Waals surface area contributed by atoms with Gasteiger partial charge in [0.15, 0.2) is 6.61 Å². The maximum absolute atomic E-state index is 11.6.